The zero-order valence-corrected chi connectivity index (χ0v) is 18.2. The Balaban J connectivity index is 2.74. The van der Waals surface area contributed by atoms with Crippen LogP contribution in [0.25, 0.3) is 5.57 Å². The Morgan fingerprint density at radius 1 is 0.821 bits per heavy atom. The van der Waals surface area contributed by atoms with Gasteiger partial charge >= 0.3 is 0 Å². The van der Waals surface area contributed by atoms with Gasteiger partial charge < -0.3 is 0 Å². The molecule has 136 valence electrons. The third-order valence-electron chi connectivity index (χ3n) is 3.48. The van der Waals surface area contributed by atoms with Gasteiger partial charge in [0.2, 0.25) is 0 Å². The van der Waals surface area contributed by atoms with E-state index in [1.807, 2.05) is 42.9 Å². The van der Waals surface area contributed by atoms with Crippen molar-refractivity contribution < 1.29 is 0 Å². The van der Waals surface area contributed by atoms with Crippen molar-refractivity contribution in [1.29, 1.82) is 21.0 Å². The predicted molar refractivity (Wildman–Crippen MR) is 120 cm³/mol. The SMILES string of the molecule is CSC1=C(SC)SC(=CC(=C(C#N)C#N)C(=C(C#N)C#N)c2ccccc2)S1. The highest BCUT2D eigenvalue weighted by molar-refractivity contribution is 8.40. The molecule has 4 nitrogen and oxygen atoms in total. The molecule has 8 heteroatoms. The van der Waals surface area contributed by atoms with E-state index in [0.717, 1.165) is 12.7 Å². The Labute approximate surface area is 181 Å². The van der Waals surface area contributed by atoms with Crippen molar-refractivity contribution >= 4 is 52.6 Å². The second-order valence-corrected chi connectivity index (χ2v) is 9.52. The number of benzene rings is 1. The molecule has 0 aliphatic carbocycles. The lowest BCUT2D eigenvalue weighted by Gasteiger charge is -2.11. The van der Waals surface area contributed by atoms with Gasteiger partial charge in [-0.05, 0) is 24.2 Å². The van der Waals surface area contributed by atoms with Crippen LogP contribution in [0.15, 0.2) is 65.8 Å². The molecule has 0 radical (unpaired) electrons. The van der Waals surface area contributed by atoms with Crippen molar-refractivity contribution in [2.45, 2.75) is 0 Å². The molecule has 2 rings (SSSR count). The van der Waals surface area contributed by atoms with Crippen LogP contribution in [0.4, 0.5) is 0 Å². The van der Waals surface area contributed by atoms with Gasteiger partial charge in [0.25, 0.3) is 0 Å². The van der Waals surface area contributed by atoms with Crippen LogP contribution in [0, 0.1) is 45.3 Å². The van der Waals surface area contributed by atoms with Gasteiger partial charge in [0.15, 0.2) is 0 Å². The maximum Gasteiger partial charge on any atom is 0.138 e. The van der Waals surface area contributed by atoms with Crippen LogP contribution >= 0.6 is 47.0 Å². The van der Waals surface area contributed by atoms with Gasteiger partial charge in [0, 0.05) is 11.1 Å². The van der Waals surface area contributed by atoms with Crippen LogP contribution in [0.5, 0.6) is 0 Å². The third kappa shape index (κ3) is 4.87. The van der Waals surface area contributed by atoms with Gasteiger partial charge in [0.1, 0.15) is 35.4 Å². The second kappa shape index (κ2) is 10.8. The highest BCUT2D eigenvalue weighted by Crippen LogP contribution is 2.56. The Hall–Kier alpha value is -2.46. The van der Waals surface area contributed by atoms with Crippen LogP contribution < -0.4 is 0 Å². The summed E-state index contributed by atoms with van der Waals surface area (Å²) in [6.45, 7) is 0. The molecule has 0 aromatic heterocycles. The highest BCUT2D eigenvalue weighted by Gasteiger charge is 2.23. The number of hydrogen-bond acceptors (Lipinski definition) is 8. The van der Waals surface area contributed by atoms with E-state index in [-0.39, 0.29) is 16.7 Å². The third-order valence-corrected chi connectivity index (χ3v) is 8.57. The molecule has 0 unspecified atom stereocenters. The first-order valence-corrected chi connectivity index (χ1v) is 11.8. The standard InChI is InChI=1S/C20H12N4S4/c1-25-19-20(26-2)28-17(27-19)8-16(14(9-21)10-22)18(15(11-23)12-24)13-6-4-3-5-7-13/h3-8H,1-2H3. The summed E-state index contributed by atoms with van der Waals surface area (Å²) in [7, 11) is 0. The van der Waals surface area contributed by atoms with E-state index >= 15 is 0 Å². The lowest BCUT2D eigenvalue weighted by atomic mass is 9.91. The molecule has 1 aliphatic heterocycles. The lowest BCUT2D eigenvalue weighted by molar-refractivity contribution is 1.42. The largest absolute Gasteiger partial charge is 0.192 e. The normalized spacial score (nSPS) is 12.3. The van der Waals surface area contributed by atoms with Crippen molar-refractivity contribution in [1.82, 2.24) is 0 Å². The topological polar surface area (TPSA) is 95.2 Å². The Morgan fingerprint density at radius 3 is 1.75 bits per heavy atom. The van der Waals surface area contributed by atoms with Gasteiger partial charge in [0.05, 0.1) is 12.7 Å². The number of rotatable bonds is 5. The number of hydrogen-bond donors (Lipinski definition) is 0. The van der Waals surface area contributed by atoms with Crippen molar-refractivity contribution in [3.8, 4) is 24.3 Å². The minimum atomic E-state index is -0.141. The Kier molecular flexibility index (Phi) is 8.40. The summed E-state index contributed by atoms with van der Waals surface area (Å²) in [5.74, 6) is 0. The smallest absolute Gasteiger partial charge is 0.138 e. The van der Waals surface area contributed by atoms with E-state index in [0.29, 0.717) is 11.1 Å². The Bertz CT molecular complexity index is 1020. The quantitative estimate of drug-likeness (QED) is 0.409. The number of thioether (sulfide) groups is 4. The summed E-state index contributed by atoms with van der Waals surface area (Å²) in [6, 6.07) is 16.5. The van der Waals surface area contributed by atoms with E-state index < -0.39 is 0 Å². The number of nitriles is 4. The fourth-order valence-electron chi connectivity index (χ4n) is 2.30. The highest BCUT2D eigenvalue weighted by atomic mass is 32.3. The maximum absolute atomic E-state index is 9.51. The lowest BCUT2D eigenvalue weighted by Crippen LogP contribution is -1.96. The predicted octanol–water partition coefficient (Wildman–Crippen LogP) is 6.01. The van der Waals surface area contributed by atoms with Gasteiger partial charge in [-0.3, -0.25) is 0 Å². The van der Waals surface area contributed by atoms with E-state index in [2.05, 4.69) is 0 Å². The van der Waals surface area contributed by atoms with Gasteiger partial charge in [-0.25, -0.2) is 0 Å². The van der Waals surface area contributed by atoms with Gasteiger partial charge in [-0.2, -0.15) is 21.0 Å². The molecule has 28 heavy (non-hydrogen) atoms. The van der Waals surface area contributed by atoms with Gasteiger partial charge in [-0.15, -0.1) is 23.5 Å². The van der Waals surface area contributed by atoms with E-state index in [1.165, 1.54) is 0 Å². The maximum atomic E-state index is 9.51. The molecular formula is C20H12N4S4. The minimum absolute atomic E-state index is 0.140. The van der Waals surface area contributed by atoms with Crippen molar-refractivity contribution in [3.63, 3.8) is 0 Å². The molecule has 0 saturated carbocycles. The first-order chi connectivity index (χ1) is 13.6. The molecule has 1 aliphatic rings. The summed E-state index contributed by atoms with van der Waals surface area (Å²) >= 11 is 6.37. The number of nitrogens with zero attached hydrogens (tertiary/aromatic N) is 4. The summed E-state index contributed by atoms with van der Waals surface area (Å²) in [4.78, 5) is 0. The molecule has 0 N–H and O–H groups in total. The zero-order valence-electron chi connectivity index (χ0n) is 14.9. The Morgan fingerprint density at radius 2 is 1.32 bits per heavy atom. The number of allylic oxidation sites excluding steroid dienone is 5. The first-order valence-electron chi connectivity index (χ1n) is 7.67. The average molecular weight is 437 g/mol. The molecule has 1 aromatic carbocycles. The molecule has 0 saturated heterocycles. The molecule has 0 spiro atoms. The summed E-state index contributed by atoms with van der Waals surface area (Å²) in [6.07, 6.45) is 5.72. The second-order valence-electron chi connectivity index (χ2n) is 5.00. The van der Waals surface area contributed by atoms with Crippen LogP contribution in [0.3, 0.4) is 0 Å². The van der Waals surface area contributed by atoms with Crippen molar-refractivity contribution in [3.05, 3.63) is 71.4 Å². The fourth-order valence-corrected chi connectivity index (χ4v) is 7.21. The zero-order chi connectivity index (χ0) is 20.5. The van der Waals surface area contributed by atoms with Gasteiger partial charge in [-0.1, -0.05) is 53.9 Å². The fraction of sp³-hybridized carbons (Fsp3) is 0.100. The molecule has 0 fully saturated rings. The first kappa shape index (κ1) is 21.8. The molecule has 1 heterocycles. The molecule has 1 aromatic rings. The molecule has 0 bridgehead atoms. The van der Waals surface area contributed by atoms with Crippen LogP contribution in [-0.4, -0.2) is 12.5 Å². The molecule has 0 atom stereocenters. The van der Waals surface area contributed by atoms with Crippen LogP contribution in [-0.2, 0) is 0 Å². The summed E-state index contributed by atoms with van der Waals surface area (Å²) in [5.41, 5.74) is 0.899. The average Bonchev–Trinajstić information content (AvgIpc) is 3.14. The van der Waals surface area contributed by atoms with Crippen molar-refractivity contribution in [2.24, 2.45) is 0 Å². The summed E-state index contributed by atoms with van der Waals surface area (Å²) < 4.78 is 3.17. The van der Waals surface area contributed by atoms with Crippen LogP contribution in [0.1, 0.15) is 5.56 Å². The summed E-state index contributed by atoms with van der Waals surface area (Å²) in [5, 5.41) is 38.0. The van der Waals surface area contributed by atoms with E-state index in [1.54, 1.807) is 77.4 Å². The molecular weight excluding hydrogens is 425 g/mol. The monoisotopic (exact) mass is 436 g/mol. The minimum Gasteiger partial charge on any atom is -0.192 e. The van der Waals surface area contributed by atoms with E-state index in [4.69, 9.17) is 0 Å². The van der Waals surface area contributed by atoms with E-state index in [9.17, 15) is 21.0 Å². The molecule has 0 amide bonds. The van der Waals surface area contributed by atoms with Crippen molar-refractivity contribution in [2.75, 3.05) is 12.5 Å². The van der Waals surface area contributed by atoms with Crippen LogP contribution in [0.2, 0.25) is 0 Å².